The molecule has 1 N–H and O–H groups in total. The maximum absolute atomic E-state index is 12.3. The zero-order valence-corrected chi connectivity index (χ0v) is 9.76. The molecular formula is C13H17NO3. The summed E-state index contributed by atoms with van der Waals surface area (Å²) in [5.41, 5.74) is -0.564. The maximum atomic E-state index is 12.3. The number of amides is 2. The maximum Gasteiger partial charge on any atom is 0.234 e. The van der Waals surface area contributed by atoms with Crippen LogP contribution in [0.3, 0.4) is 0 Å². The normalized spacial score (nSPS) is 34.8. The topological polar surface area (TPSA) is 57.6 Å². The average Bonchev–Trinajstić information content (AvgIpc) is 2.55. The molecule has 0 aromatic carbocycles. The number of aliphatic hydroxyl groups excluding tert-OH is 1. The van der Waals surface area contributed by atoms with Gasteiger partial charge in [0.25, 0.3) is 0 Å². The molecule has 1 saturated carbocycles. The number of likely N-dealkylation sites (tertiary alicyclic amines) is 1. The second kappa shape index (κ2) is 3.67. The number of carbonyl (C=O) groups excluding carboxylic acids is 2. The Labute approximate surface area is 100 Å². The molecule has 2 aliphatic carbocycles. The van der Waals surface area contributed by atoms with Gasteiger partial charge < -0.3 is 5.11 Å². The second-order valence-corrected chi connectivity index (χ2v) is 5.40. The van der Waals surface area contributed by atoms with Crippen molar-refractivity contribution in [2.24, 2.45) is 11.8 Å². The molecule has 0 radical (unpaired) electrons. The Morgan fingerprint density at radius 3 is 2.06 bits per heavy atom. The molecule has 2 amide bonds. The lowest BCUT2D eigenvalue weighted by Crippen LogP contribution is -2.59. The summed E-state index contributed by atoms with van der Waals surface area (Å²) >= 11 is 0. The lowest BCUT2D eigenvalue weighted by Gasteiger charge is -2.46. The van der Waals surface area contributed by atoms with Crippen molar-refractivity contribution in [1.29, 1.82) is 0 Å². The van der Waals surface area contributed by atoms with Gasteiger partial charge in [0, 0.05) is 0 Å². The predicted molar refractivity (Wildman–Crippen MR) is 60.9 cm³/mol. The van der Waals surface area contributed by atoms with E-state index < -0.39 is 5.54 Å². The Kier molecular flexibility index (Phi) is 2.36. The van der Waals surface area contributed by atoms with E-state index in [-0.39, 0.29) is 30.3 Å². The van der Waals surface area contributed by atoms with E-state index in [1.165, 1.54) is 4.90 Å². The molecule has 17 heavy (non-hydrogen) atoms. The molecule has 2 atom stereocenters. The average molecular weight is 235 g/mol. The lowest BCUT2D eigenvalue weighted by atomic mass is 9.76. The lowest BCUT2D eigenvalue weighted by molar-refractivity contribution is -0.154. The highest BCUT2D eigenvalue weighted by Gasteiger charge is 2.56. The van der Waals surface area contributed by atoms with Crippen LogP contribution >= 0.6 is 0 Å². The van der Waals surface area contributed by atoms with Crippen LogP contribution in [0, 0.1) is 11.8 Å². The highest BCUT2D eigenvalue weighted by atomic mass is 16.3. The highest BCUT2D eigenvalue weighted by molar-refractivity contribution is 6.06. The first kappa shape index (κ1) is 11.0. The first-order chi connectivity index (χ1) is 8.19. The minimum absolute atomic E-state index is 0.0573. The number of rotatable bonds is 2. The number of aliphatic hydroxyl groups is 1. The van der Waals surface area contributed by atoms with E-state index in [1.54, 1.807) is 0 Å². The number of allylic oxidation sites excluding steroid dienone is 2. The summed E-state index contributed by atoms with van der Waals surface area (Å²) in [6.07, 6.45) is 7.83. The van der Waals surface area contributed by atoms with E-state index in [2.05, 4.69) is 0 Å². The van der Waals surface area contributed by atoms with Crippen LogP contribution in [-0.4, -0.2) is 34.0 Å². The third-order valence-corrected chi connectivity index (χ3v) is 4.56. The van der Waals surface area contributed by atoms with Crippen molar-refractivity contribution in [3.63, 3.8) is 0 Å². The van der Waals surface area contributed by atoms with Gasteiger partial charge in [-0.05, 0) is 32.1 Å². The second-order valence-electron chi connectivity index (χ2n) is 5.40. The van der Waals surface area contributed by atoms with Crippen LogP contribution in [-0.2, 0) is 9.59 Å². The van der Waals surface area contributed by atoms with Gasteiger partial charge in [-0.1, -0.05) is 12.2 Å². The monoisotopic (exact) mass is 235 g/mol. The van der Waals surface area contributed by atoms with E-state index in [0.717, 1.165) is 19.3 Å². The molecule has 0 spiro atoms. The van der Waals surface area contributed by atoms with Crippen molar-refractivity contribution in [2.45, 2.75) is 37.6 Å². The zero-order valence-electron chi connectivity index (χ0n) is 9.76. The summed E-state index contributed by atoms with van der Waals surface area (Å²) in [5, 5.41) is 9.50. The summed E-state index contributed by atoms with van der Waals surface area (Å²) in [7, 11) is 0. The van der Waals surface area contributed by atoms with Crippen molar-refractivity contribution in [1.82, 2.24) is 4.90 Å². The number of imide groups is 1. The van der Waals surface area contributed by atoms with E-state index in [4.69, 9.17) is 0 Å². The quantitative estimate of drug-likeness (QED) is 0.570. The van der Waals surface area contributed by atoms with Crippen LogP contribution < -0.4 is 0 Å². The number of hydrogen-bond acceptors (Lipinski definition) is 3. The molecule has 0 aromatic heterocycles. The van der Waals surface area contributed by atoms with Crippen molar-refractivity contribution >= 4 is 11.8 Å². The molecule has 4 nitrogen and oxygen atoms in total. The van der Waals surface area contributed by atoms with E-state index in [1.807, 2.05) is 12.2 Å². The van der Waals surface area contributed by atoms with Crippen LogP contribution in [0.2, 0.25) is 0 Å². The molecule has 1 heterocycles. The van der Waals surface area contributed by atoms with Crippen LogP contribution in [0.4, 0.5) is 0 Å². The predicted octanol–water partition coefficient (Wildman–Crippen LogP) is 0.853. The fraction of sp³-hybridized carbons (Fsp3) is 0.692. The Hall–Kier alpha value is -1.16. The molecule has 3 rings (SSSR count). The SMILES string of the molecule is O=C1C2CC=CCC2C(=O)N1C1(CO)CCC1. The van der Waals surface area contributed by atoms with Crippen molar-refractivity contribution < 1.29 is 14.7 Å². The molecule has 2 unspecified atom stereocenters. The van der Waals surface area contributed by atoms with Gasteiger partial charge in [0.2, 0.25) is 11.8 Å². The Bertz CT molecular complexity index is 366. The molecule has 2 fully saturated rings. The van der Waals surface area contributed by atoms with Crippen LogP contribution in [0.5, 0.6) is 0 Å². The molecule has 3 aliphatic rings. The summed E-state index contributed by atoms with van der Waals surface area (Å²) in [5.74, 6) is -0.454. The van der Waals surface area contributed by atoms with E-state index >= 15 is 0 Å². The van der Waals surface area contributed by atoms with Crippen molar-refractivity contribution in [3.05, 3.63) is 12.2 Å². The van der Waals surface area contributed by atoms with Gasteiger partial charge in [-0.15, -0.1) is 0 Å². The van der Waals surface area contributed by atoms with Gasteiger partial charge in [-0.25, -0.2) is 0 Å². The molecular weight excluding hydrogens is 218 g/mol. The largest absolute Gasteiger partial charge is 0.394 e. The minimum Gasteiger partial charge on any atom is -0.394 e. The smallest absolute Gasteiger partial charge is 0.234 e. The van der Waals surface area contributed by atoms with Gasteiger partial charge >= 0.3 is 0 Å². The number of hydrogen-bond donors (Lipinski definition) is 1. The van der Waals surface area contributed by atoms with Gasteiger partial charge in [0.15, 0.2) is 0 Å². The number of fused-ring (bicyclic) bond motifs is 1. The zero-order chi connectivity index (χ0) is 12.0. The standard InChI is InChI=1S/C13H17NO3/c15-8-13(6-3-7-13)14-11(16)9-4-1-2-5-10(9)12(14)17/h1-2,9-10,15H,3-8H2. The fourth-order valence-corrected chi connectivity index (χ4v) is 3.31. The van der Waals surface area contributed by atoms with Gasteiger partial charge in [-0.2, -0.15) is 0 Å². The van der Waals surface area contributed by atoms with Crippen LogP contribution in [0.15, 0.2) is 12.2 Å². The third kappa shape index (κ3) is 1.33. The Morgan fingerprint density at radius 2 is 1.71 bits per heavy atom. The van der Waals surface area contributed by atoms with Crippen LogP contribution in [0.1, 0.15) is 32.1 Å². The van der Waals surface area contributed by atoms with Crippen LogP contribution in [0.25, 0.3) is 0 Å². The van der Waals surface area contributed by atoms with E-state index in [9.17, 15) is 14.7 Å². The first-order valence-corrected chi connectivity index (χ1v) is 6.33. The van der Waals surface area contributed by atoms with Crippen molar-refractivity contribution in [3.8, 4) is 0 Å². The summed E-state index contributed by atoms with van der Waals surface area (Å²) in [6.45, 7) is -0.0860. The molecule has 0 aromatic rings. The molecule has 4 heteroatoms. The molecule has 1 aliphatic heterocycles. The number of nitrogens with zero attached hydrogens (tertiary/aromatic N) is 1. The minimum atomic E-state index is -0.564. The summed E-state index contributed by atoms with van der Waals surface area (Å²) in [6, 6.07) is 0. The Morgan fingerprint density at radius 1 is 1.18 bits per heavy atom. The summed E-state index contributed by atoms with van der Waals surface area (Å²) in [4.78, 5) is 26.0. The van der Waals surface area contributed by atoms with Gasteiger partial charge in [0.05, 0.1) is 24.0 Å². The molecule has 0 bridgehead atoms. The molecule has 1 saturated heterocycles. The van der Waals surface area contributed by atoms with Gasteiger partial charge in [0.1, 0.15) is 0 Å². The fourth-order valence-electron chi connectivity index (χ4n) is 3.31. The first-order valence-electron chi connectivity index (χ1n) is 6.33. The third-order valence-electron chi connectivity index (χ3n) is 4.56. The Balaban J connectivity index is 1.92. The van der Waals surface area contributed by atoms with E-state index in [0.29, 0.717) is 12.8 Å². The molecule has 92 valence electrons. The summed E-state index contributed by atoms with van der Waals surface area (Å²) < 4.78 is 0. The number of carbonyl (C=O) groups is 2. The highest BCUT2D eigenvalue weighted by Crippen LogP contribution is 2.45. The van der Waals surface area contributed by atoms with Gasteiger partial charge in [-0.3, -0.25) is 14.5 Å². The van der Waals surface area contributed by atoms with Crippen molar-refractivity contribution in [2.75, 3.05) is 6.61 Å².